The van der Waals surface area contributed by atoms with Crippen LogP contribution in [-0.4, -0.2) is 26.0 Å². The normalized spacial score (nSPS) is 11.3. The molecule has 0 spiro atoms. The molecular weight excluding hydrogens is 253 g/mol. The van der Waals surface area contributed by atoms with Crippen LogP contribution in [0.15, 0.2) is 18.2 Å². The van der Waals surface area contributed by atoms with Crippen molar-refractivity contribution in [1.29, 1.82) is 5.26 Å². The zero-order valence-electron chi connectivity index (χ0n) is 10.5. The molecule has 0 saturated carbocycles. The minimum absolute atomic E-state index is 0.0151. The summed E-state index contributed by atoms with van der Waals surface area (Å²) in [5, 5.41) is 8.76. The molecule has 1 atom stereocenters. The molecule has 0 heterocycles. The van der Waals surface area contributed by atoms with E-state index in [0.717, 1.165) is 13.2 Å². The number of benzene rings is 1. The number of esters is 1. The molecule has 1 rings (SSSR count). The molecule has 0 aliphatic heterocycles. The third-order valence-electron chi connectivity index (χ3n) is 2.50. The molecule has 1 aromatic carbocycles. The van der Waals surface area contributed by atoms with Crippen LogP contribution in [0.3, 0.4) is 0 Å². The number of Topliss-reactive ketones (excluding diaryl/α,β-unsaturated/α-hetero) is 1. The van der Waals surface area contributed by atoms with Crippen LogP contribution in [0, 0.1) is 23.1 Å². The van der Waals surface area contributed by atoms with Gasteiger partial charge in [0, 0.05) is 12.0 Å². The Kier molecular flexibility index (Phi) is 5.01. The number of hydrogen-bond acceptors (Lipinski definition) is 5. The summed E-state index contributed by atoms with van der Waals surface area (Å²) in [6.07, 6.45) is -0.352. The van der Waals surface area contributed by atoms with Gasteiger partial charge in [-0.25, -0.2) is 4.39 Å². The number of ketones is 1. The Morgan fingerprint density at radius 3 is 2.58 bits per heavy atom. The minimum Gasteiger partial charge on any atom is -0.494 e. The number of carbonyl (C=O) groups excluding carboxylic acids is 2. The molecule has 5 nitrogen and oxygen atoms in total. The lowest BCUT2D eigenvalue weighted by Gasteiger charge is -2.07. The van der Waals surface area contributed by atoms with Gasteiger partial charge < -0.3 is 9.47 Å². The van der Waals surface area contributed by atoms with Crippen LogP contribution >= 0.6 is 0 Å². The lowest BCUT2D eigenvalue weighted by atomic mass is 9.99. The Morgan fingerprint density at radius 2 is 2.11 bits per heavy atom. The van der Waals surface area contributed by atoms with E-state index in [1.165, 1.54) is 19.2 Å². The highest BCUT2D eigenvalue weighted by atomic mass is 19.1. The van der Waals surface area contributed by atoms with E-state index in [0.29, 0.717) is 0 Å². The second kappa shape index (κ2) is 6.50. The van der Waals surface area contributed by atoms with E-state index >= 15 is 0 Å². The molecule has 1 unspecified atom stereocenters. The van der Waals surface area contributed by atoms with Gasteiger partial charge in [0.2, 0.25) is 0 Å². The number of rotatable bonds is 5. The van der Waals surface area contributed by atoms with Crippen molar-refractivity contribution in [2.45, 2.75) is 6.42 Å². The van der Waals surface area contributed by atoms with E-state index in [1.807, 2.05) is 0 Å². The zero-order chi connectivity index (χ0) is 14.4. The van der Waals surface area contributed by atoms with Crippen molar-refractivity contribution in [2.75, 3.05) is 14.2 Å². The van der Waals surface area contributed by atoms with Crippen LogP contribution < -0.4 is 4.74 Å². The summed E-state index contributed by atoms with van der Waals surface area (Å²) in [5.41, 5.74) is 0.0717. The van der Waals surface area contributed by atoms with E-state index in [4.69, 9.17) is 10.00 Å². The van der Waals surface area contributed by atoms with Crippen LogP contribution in [-0.2, 0) is 9.53 Å². The second-order valence-corrected chi connectivity index (χ2v) is 3.68. The third-order valence-corrected chi connectivity index (χ3v) is 2.50. The first-order valence-corrected chi connectivity index (χ1v) is 5.37. The molecule has 0 fully saturated rings. The molecule has 0 saturated heterocycles. The van der Waals surface area contributed by atoms with Gasteiger partial charge in [0.05, 0.1) is 20.3 Å². The number of nitriles is 1. The van der Waals surface area contributed by atoms with Gasteiger partial charge >= 0.3 is 5.97 Å². The van der Waals surface area contributed by atoms with Crippen LogP contribution in [0.5, 0.6) is 5.75 Å². The average molecular weight is 265 g/mol. The second-order valence-electron chi connectivity index (χ2n) is 3.68. The highest BCUT2D eigenvalue weighted by Gasteiger charge is 2.23. The van der Waals surface area contributed by atoms with Crippen LogP contribution in [0.1, 0.15) is 16.8 Å². The van der Waals surface area contributed by atoms with E-state index in [1.54, 1.807) is 6.07 Å². The van der Waals surface area contributed by atoms with E-state index in [-0.39, 0.29) is 17.7 Å². The van der Waals surface area contributed by atoms with Gasteiger partial charge in [-0.2, -0.15) is 5.26 Å². The lowest BCUT2D eigenvalue weighted by Crippen LogP contribution is -2.18. The number of carbonyl (C=O) groups is 2. The quantitative estimate of drug-likeness (QED) is 0.598. The number of hydrogen-bond donors (Lipinski definition) is 0. The molecular formula is C13H12FNO4. The predicted octanol–water partition coefficient (Wildman–Crippen LogP) is 1.72. The van der Waals surface area contributed by atoms with Crippen molar-refractivity contribution in [3.63, 3.8) is 0 Å². The summed E-state index contributed by atoms with van der Waals surface area (Å²) in [4.78, 5) is 23.0. The Balaban J connectivity index is 2.87. The summed E-state index contributed by atoms with van der Waals surface area (Å²) in [5.74, 6) is -3.16. The summed E-state index contributed by atoms with van der Waals surface area (Å²) in [6.45, 7) is 0. The zero-order valence-corrected chi connectivity index (χ0v) is 10.5. The first-order valence-electron chi connectivity index (χ1n) is 5.37. The van der Waals surface area contributed by atoms with Gasteiger partial charge in [-0.3, -0.25) is 9.59 Å². The van der Waals surface area contributed by atoms with Crippen LogP contribution in [0.2, 0.25) is 0 Å². The first-order chi connectivity index (χ1) is 9.03. The molecule has 0 radical (unpaired) electrons. The first kappa shape index (κ1) is 14.6. The van der Waals surface area contributed by atoms with Crippen LogP contribution in [0.25, 0.3) is 0 Å². The van der Waals surface area contributed by atoms with Crippen molar-refractivity contribution < 1.29 is 23.5 Å². The highest BCUT2D eigenvalue weighted by Crippen LogP contribution is 2.19. The van der Waals surface area contributed by atoms with Gasteiger partial charge in [0.25, 0.3) is 0 Å². The molecule has 1 aromatic rings. The molecule has 0 amide bonds. The van der Waals surface area contributed by atoms with Crippen molar-refractivity contribution in [1.82, 2.24) is 0 Å². The molecule has 0 aliphatic rings. The van der Waals surface area contributed by atoms with Crippen molar-refractivity contribution in [2.24, 2.45) is 5.92 Å². The van der Waals surface area contributed by atoms with E-state index in [2.05, 4.69) is 4.74 Å². The smallest absolute Gasteiger partial charge is 0.323 e. The molecule has 0 N–H and O–H groups in total. The van der Waals surface area contributed by atoms with E-state index < -0.39 is 23.5 Å². The molecule has 0 bridgehead atoms. The molecule has 19 heavy (non-hydrogen) atoms. The van der Waals surface area contributed by atoms with Gasteiger partial charge in [-0.1, -0.05) is 0 Å². The van der Waals surface area contributed by atoms with Gasteiger partial charge in [-0.15, -0.1) is 0 Å². The number of nitrogens with zero attached hydrogens (tertiary/aromatic N) is 1. The monoisotopic (exact) mass is 265 g/mol. The van der Waals surface area contributed by atoms with Gasteiger partial charge in [-0.05, 0) is 18.2 Å². The van der Waals surface area contributed by atoms with Crippen molar-refractivity contribution >= 4 is 11.8 Å². The molecule has 100 valence electrons. The summed E-state index contributed by atoms with van der Waals surface area (Å²) >= 11 is 0. The summed E-state index contributed by atoms with van der Waals surface area (Å²) in [6, 6.07) is 5.36. The largest absolute Gasteiger partial charge is 0.494 e. The maximum Gasteiger partial charge on any atom is 0.323 e. The van der Waals surface area contributed by atoms with Gasteiger partial charge in [0.15, 0.2) is 23.3 Å². The predicted molar refractivity (Wildman–Crippen MR) is 63.0 cm³/mol. The standard InChI is InChI=1S/C13H12FNO4/c1-18-12-4-3-8(5-10(12)14)11(16)6-9(7-15)13(17)19-2/h3-5,9H,6H2,1-2H3. The van der Waals surface area contributed by atoms with Gasteiger partial charge in [0.1, 0.15) is 0 Å². The summed E-state index contributed by atoms with van der Waals surface area (Å²) < 4.78 is 22.5. The fraction of sp³-hybridized carbons (Fsp3) is 0.308. The Morgan fingerprint density at radius 1 is 1.42 bits per heavy atom. The van der Waals surface area contributed by atoms with Crippen molar-refractivity contribution in [3.05, 3.63) is 29.6 Å². The Hall–Kier alpha value is -2.42. The van der Waals surface area contributed by atoms with Crippen LogP contribution in [0.4, 0.5) is 4.39 Å². The maximum atomic E-state index is 13.4. The number of methoxy groups -OCH3 is 2. The number of halogens is 1. The topological polar surface area (TPSA) is 76.4 Å². The fourth-order valence-corrected chi connectivity index (χ4v) is 1.47. The Bertz CT molecular complexity index is 536. The SMILES string of the molecule is COC(=O)C(C#N)CC(=O)c1ccc(OC)c(F)c1. The van der Waals surface area contributed by atoms with E-state index in [9.17, 15) is 14.0 Å². The third kappa shape index (κ3) is 3.52. The maximum absolute atomic E-state index is 13.4. The highest BCUT2D eigenvalue weighted by molar-refractivity contribution is 5.98. The minimum atomic E-state index is -1.19. The number of ether oxygens (including phenoxy) is 2. The molecule has 0 aliphatic carbocycles. The summed E-state index contributed by atoms with van der Waals surface area (Å²) in [7, 11) is 2.44. The molecule has 6 heteroatoms. The van der Waals surface area contributed by atoms with Crippen molar-refractivity contribution in [3.8, 4) is 11.8 Å². The fourth-order valence-electron chi connectivity index (χ4n) is 1.47. The lowest BCUT2D eigenvalue weighted by molar-refractivity contribution is -0.143. The molecule has 0 aromatic heterocycles. The Labute approximate surface area is 109 Å². The average Bonchev–Trinajstić information content (AvgIpc) is 2.43.